The van der Waals surface area contributed by atoms with Crippen LogP contribution < -0.4 is 10.6 Å². The summed E-state index contributed by atoms with van der Waals surface area (Å²) in [5.74, 6) is 0.820. The van der Waals surface area contributed by atoms with E-state index in [1.165, 1.54) is 6.42 Å². The Balaban J connectivity index is 0. The third-order valence-corrected chi connectivity index (χ3v) is 4.42. The maximum atomic E-state index is 10.7. The van der Waals surface area contributed by atoms with E-state index in [0.717, 1.165) is 57.7 Å². The third-order valence-electron chi connectivity index (χ3n) is 4.42. The molecule has 0 atom stereocenters. The van der Waals surface area contributed by atoms with Crippen molar-refractivity contribution in [1.82, 2.24) is 15.5 Å². The lowest BCUT2D eigenvalue weighted by atomic mass is 9.93. The van der Waals surface area contributed by atoms with Crippen LogP contribution in [0.25, 0.3) is 0 Å². The molecule has 0 radical (unpaired) electrons. The first kappa shape index (κ1) is 27.1. The summed E-state index contributed by atoms with van der Waals surface area (Å²) in [6.07, 6.45) is 5.89. The van der Waals surface area contributed by atoms with Crippen molar-refractivity contribution in [3.05, 3.63) is 0 Å². The SMILES string of the molecule is CCCC(O)(CCC)CN=C(NCC)NCCCCN(C)C(C)C.I. The second-order valence-corrected chi connectivity index (χ2v) is 7.13. The standard InChI is InChI=1S/C19H42N4O.HI/c1-7-12-19(24,13-8-2)16-22-18(20-9-3)21-14-10-11-15-23(6)17(4)5;/h17,24H,7-16H2,1-6H3,(H2,20,21,22);1H. The Labute approximate surface area is 173 Å². The summed E-state index contributed by atoms with van der Waals surface area (Å²) >= 11 is 0. The molecule has 0 spiro atoms. The number of hydrogen-bond donors (Lipinski definition) is 3. The van der Waals surface area contributed by atoms with Gasteiger partial charge in [-0.25, -0.2) is 0 Å². The predicted octanol–water partition coefficient (Wildman–Crippen LogP) is 3.61. The average molecular weight is 470 g/mol. The molecule has 0 amide bonds. The second kappa shape index (κ2) is 16.1. The molecular weight excluding hydrogens is 427 g/mol. The van der Waals surface area contributed by atoms with Gasteiger partial charge in [0.05, 0.1) is 12.1 Å². The first-order valence-corrected chi connectivity index (χ1v) is 9.83. The molecule has 152 valence electrons. The van der Waals surface area contributed by atoms with Gasteiger partial charge in [0.15, 0.2) is 5.96 Å². The zero-order valence-corrected chi connectivity index (χ0v) is 19.7. The third kappa shape index (κ3) is 13.7. The van der Waals surface area contributed by atoms with Gasteiger partial charge in [-0.1, -0.05) is 26.7 Å². The van der Waals surface area contributed by atoms with Crippen molar-refractivity contribution in [1.29, 1.82) is 0 Å². The number of aliphatic hydroxyl groups is 1. The summed E-state index contributed by atoms with van der Waals surface area (Å²) in [5.41, 5.74) is -0.661. The fourth-order valence-corrected chi connectivity index (χ4v) is 2.73. The zero-order valence-electron chi connectivity index (χ0n) is 17.4. The maximum absolute atomic E-state index is 10.7. The Morgan fingerprint density at radius 1 is 1.08 bits per heavy atom. The molecule has 0 aliphatic rings. The Hall–Kier alpha value is -0.0800. The quantitative estimate of drug-likeness (QED) is 0.167. The van der Waals surface area contributed by atoms with Crippen LogP contribution in [0, 0.1) is 0 Å². The summed E-state index contributed by atoms with van der Waals surface area (Å²) in [7, 11) is 2.17. The Kier molecular flexibility index (Phi) is 17.5. The Morgan fingerprint density at radius 3 is 2.16 bits per heavy atom. The minimum Gasteiger partial charge on any atom is -0.388 e. The number of guanidine groups is 1. The first-order chi connectivity index (χ1) is 11.4. The molecule has 0 bridgehead atoms. The van der Waals surface area contributed by atoms with Crippen molar-refractivity contribution in [2.45, 2.75) is 84.8 Å². The van der Waals surface area contributed by atoms with Gasteiger partial charge in [0.1, 0.15) is 0 Å². The van der Waals surface area contributed by atoms with Crippen LogP contribution in [0.3, 0.4) is 0 Å². The molecule has 0 fully saturated rings. The van der Waals surface area contributed by atoms with Crippen molar-refractivity contribution >= 4 is 29.9 Å². The molecule has 3 N–H and O–H groups in total. The van der Waals surface area contributed by atoms with Gasteiger partial charge in [-0.15, -0.1) is 24.0 Å². The van der Waals surface area contributed by atoms with Crippen LogP contribution in [0.5, 0.6) is 0 Å². The van der Waals surface area contributed by atoms with Gasteiger partial charge in [-0.2, -0.15) is 0 Å². The van der Waals surface area contributed by atoms with E-state index >= 15 is 0 Å². The van der Waals surface area contributed by atoms with Gasteiger partial charge in [-0.3, -0.25) is 4.99 Å². The fourth-order valence-electron chi connectivity index (χ4n) is 2.73. The first-order valence-electron chi connectivity index (χ1n) is 9.83. The van der Waals surface area contributed by atoms with E-state index in [1.54, 1.807) is 0 Å². The van der Waals surface area contributed by atoms with Crippen molar-refractivity contribution in [2.24, 2.45) is 4.99 Å². The van der Waals surface area contributed by atoms with Gasteiger partial charge in [0.2, 0.25) is 0 Å². The fraction of sp³-hybridized carbons (Fsp3) is 0.947. The van der Waals surface area contributed by atoms with Crippen LogP contribution in [0.2, 0.25) is 0 Å². The highest BCUT2D eigenvalue weighted by atomic mass is 127. The monoisotopic (exact) mass is 470 g/mol. The van der Waals surface area contributed by atoms with E-state index < -0.39 is 5.60 Å². The van der Waals surface area contributed by atoms with E-state index in [-0.39, 0.29) is 24.0 Å². The maximum Gasteiger partial charge on any atom is 0.191 e. The minimum atomic E-state index is -0.661. The lowest BCUT2D eigenvalue weighted by molar-refractivity contribution is 0.0306. The van der Waals surface area contributed by atoms with Crippen molar-refractivity contribution in [2.75, 3.05) is 33.2 Å². The number of rotatable bonds is 13. The molecule has 0 rings (SSSR count). The molecule has 0 heterocycles. The molecule has 25 heavy (non-hydrogen) atoms. The van der Waals surface area contributed by atoms with Gasteiger partial charge in [0.25, 0.3) is 0 Å². The van der Waals surface area contributed by atoms with Crippen LogP contribution >= 0.6 is 24.0 Å². The van der Waals surface area contributed by atoms with Crippen LogP contribution in [0.1, 0.15) is 73.1 Å². The highest BCUT2D eigenvalue weighted by Gasteiger charge is 2.24. The number of nitrogens with one attached hydrogen (secondary N) is 2. The largest absolute Gasteiger partial charge is 0.388 e. The summed E-state index contributed by atoms with van der Waals surface area (Å²) < 4.78 is 0. The van der Waals surface area contributed by atoms with E-state index in [0.29, 0.717) is 12.6 Å². The molecule has 5 nitrogen and oxygen atoms in total. The molecular formula is C19H43IN4O. The smallest absolute Gasteiger partial charge is 0.191 e. The summed E-state index contributed by atoms with van der Waals surface area (Å²) in [4.78, 5) is 6.99. The number of halogens is 1. The number of nitrogens with zero attached hydrogens (tertiary/aromatic N) is 2. The topological polar surface area (TPSA) is 59.9 Å². The number of aliphatic imine (C=N–C) groups is 1. The molecule has 0 saturated carbocycles. The molecule has 0 aromatic rings. The van der Waals surface area contributed by atoms with Crippen LogP contribution in [0.15, 0.2) is 4.99 Å². The van der Waals surface area contributed by atoms with Crippen LogP contribution in [0.4, 0.5) is 0 Å². The van der Waals surface area contributed by atoms with Gasteiger partial charge in [0, 0.05) is 19.1 Å². The van der Waals surface area contributed by atoms with Gasteiger partial charge >= 0.3 is 0 Å². The molecule has 0 aromatic heterocycles. The summed E-state index contributed by atoms with van der Waals surface area (Å²) in [6, 6.07) is 0.603. The summed E-state index contributed by atoms with van der Waals surface area (Å²) in [6.45, 7) is 14.1. The second-order valence-electron chi connectivity index (χ2n) is 7.13. The van der Waals surface area contributed by atoms with E-state index in [9.17, 15) is 5.11 Å². The molecule has 6 heteroatoms. The Bertz CT molecular complexity index is 331. The lowest BCUT2D eigenvalue weighted by Crippen LogP contribution is -2.40. The molecule has 0 aliphatic heterocycles. The van der Waals surface area contributed by atoms with Gasteiger partial charge in [-0.05, 0) is 60.0 Å². The van der Waals surface area contributed by atoms with Crippen molar-refractivity contribution in [3.63, 3.8) is 0 Å². The predicted molar refractivity (Wildman–Crippen MR) is 121 cm³/mol. The van der Waals surface area contributed by atoms with E-state index in [2.05, 4.69) is 62.2 Å². The van der Waals surface area contributed by atoms with Crippen LogP contribution in [-0.2, 0) is 0 Å². The van der Waals surface area contributed by atoms with Crippen LogP contribution in [-0.4, -0.2) is 60.8 Å². The molecule has 0 saturated heterocycles. The lowest BCUT2D eigenvalue weighted by Gasteiger charge is -2.26. The van der Waals surface area contributed by atoms with Crippen molar-refractivity contribution in [3.8, 4) is 0 Å². The highest BCUT2D eigenvalue weighted by molar-refractivity contribution is 14.0. The summed E-state index contributed by atoms with van der Waals surface area (Å²) in [5, 5.41) is 17.3. The average Bonchev–Trinajstić information content (AvgIpc) is 2.52. The molecule has 0 aromatic carbocycles. The molecule has 0 unspecified atom stereocenters. The van der Waals surface area contributed by atoms with E-state index in [4.69, 9.17) is 0 Å². The van der Waals surface area contributed by atoms with Gasteiger partial charge < -0.3 is 20.6 Å². The Morgan fingerprint density at radius 2 is 1.68 bits per heavy atom. The molecule has 0 aliphatic carbocycles. The highest BCUT2D eigenvalue weighted by Crippen LogP contribution is 2.19. The minimum absolute atomic E-state index is 0. The number of unbranched alkanes of at least 4 members (excludes halogenated alkanes) is 1. The van der Waals surface area contributed by atoms with Crippen molar-refractivity contribution < 1.29 is 5.11 Å². The van der Waals surface area contributed by atoms with E-state index in [1.807, 2.05) is 0 Å². The normalized spacial score (nSPS) is 12.4. The number of hydrogen-bond acceptors (Lipinski definition) is 3. The zero-order chi connectivity index (χ0) is 18.4.